The van der Waals surface area contributed by atoms with E-state index in [2.05, 4.69) is 0 Å². The fourth-order valence-electron chi connectivity index (χ4n) is 1.74. The normalized spacial score (nSPS) is 16.9. The van der Waals surface area contributed by atoms with Gasteiger partial charge in [-0.25, -0.2) is 0 Å². The maximum absolute atomic E-state index is 13.2. The molecule has 0 saturated carbocycles. The fourth-order valence-corrected chi connectivity index (χ4v) is 3.14. The Kier molecular flexibility index (Phi) is 7.25. The van der Waals surface area contributed by atoms with E-state index in [-0.39, 0.29) is 6.42 Å². The lowest BCUT2D eigenvalue weighted by atomic mass is 9.91. The summed E-state index contributed by atoms with van der Waals surface area (Å²) in [5.41, 5.74) is 0. The predicted octanol–water partition coefficient (Wildman–Crippen LogP) is 5.59. The van der Waals surface area contributed by atoms with Crippen LogP contribution in [0.15, 0.2) is 0 Å². The van der Waals surface area contributed by atoms with Crippen LogP contribution in [-0.2, 0) is 0 Å². The van der Waals surface area contributed by atoms with E-state index >= 15 is 0 Å². The number of hydrogen-bond donors (Lipinski definition) is 0. The van der Waals surface area contributed by atoms with Crippen LogP contribution in [0.3, 0.4) is 0 Å². The maximum Gasteiger partial charge on any atom is 0.453 e. The first-order valence-electron chi connectivity index (χ1n) is 5.77. The predicted molar refractivity (Wildman–Crippen MR) is 66.7 cm³/mol. The zero-order valence-corrected chi connectivity index (χ0v) is 12.1. The molecule has 2 atom stereocenters. The monoisotopic (exact) mass is 372 g/mol. The average Bonchev–Trinajstić information content (AvgIpc) is 2.17. The van der Waals surface area contributed by atoms with Gasteiger partial charge in [0, 0.05) is 9.84 Å². The summed E-state index contributed by atoms with van der Waals surface area (Å²) in [5, 5.41) is 0. The molecule has 0 aliphatic carbocycles. The van der Waals surface area contributed by atoms with Crippen LogP contribution < -0.4 is 0 Å². The number of unbranched alkanes of at least 4 members (excludes halogenated alkanes) is 2. The van der Waals surface area contributed by atoms with Crippen LogP contribution in [0.2, 0.25) is 0 Å². The molecule has 0 amide bonds. The van der Waals surface area contributed by atoms with Gasteiger partial charge in [-0.2, -0.15) is 22.0 Å². The zero-order valence-electron chi connectivity index (χ0n) is 9.96. The molecule has 0 aliphatic rings. The van der Waals surface area contributed by atoms with Gasteiger partial charge in [-0.1, -0.05) is 55.7 Å². The summed E-state index contributed by atoms with van der Waals surface area (Å²) in [6.45, 7) is 3.35. The Labute approximate surface area is 112 Å². The van der Waals surface area contributed by atoms with Gasteiger partial charge in [0.1, 0.15) is 0 Å². The van der Waals surface area contributed by atoms with Crippen LogP contribution in [0.1, 0.15) is 46.0 Å². The van der Waals surface area contributed by atoms with Gasteiger partial charge < -0.3 is 0 Å². The summed E-state index contributed by atoms with van der Waals surface area (Å²) in [6, 6.07) is 0. The Morgan fingerprint density at radius 1 is 1.00 bits per heavy atom. The quantitative estimate of drug-likeness (QED) is 0.236. The van der Waals surface area contributed by atoms with Crippen molar-refractivity contribution in [1.82, 2.24) is 0 Å². The summed E-state index contributed by atoms with van der Waals surface area (Å²) in [6.07, 6.45) is -2.69. The summed E-state index contributed by atoms with van der Waals surface area (Å²) < 4.78 is 62.6. The molecule has 0 bridgehead atoms. The topological polar surface area (TPSA) is 0 Å². The van der Waals surface area contributed by atoms with Crippen molar-refractivity contribution in [3.8, 4) is 0 Å². The van der Waals surface area contributed by atoms with Gasteiger partial charge in [0.15, 0.2) is 0 Å². The first-order valence-corrected chi connectivity index (χ1v) is 7.01. The summed E-state index contributed by atoms with van der Waals surface area (Å²) in [7, 11) is 0. The highest BCUT2D eigenvalue weighted by molar-refractivity contribution is 14.1. The van der Waals surface area contributed by atoms with Crippen molar-refractivity contribution in [1.29, 1.82) is 0 Å². The van der Waals surface area contributed by atoms with E-state index < -0.39 is 21.9 Å². The lowest BCUT2D eigenvalue weighted by molar-refractivity contribution is -0.302. The lowest BCUT2D eigenvalue weighted by Gasteiger charge is -2.31. The molecule has 2 unspecified atom stereocenters. The lowest BCUT2D eigenvalue weighted by Crippen LogP contribution is -2.46. The molecule has 0 saturated heterocycles. The highest BCUT2D eigenvalue weighted by Crippen LogP contribution is 2.46. The Morgan fingerprint density at radius 2 is 1.53 bits per heavy atom. The molecule has 0 N–H and O–H groups in total. The van der Waals surface area contributed by atoms with Crippen LogP contribution in [0, 0.1) is 5.92 Å². The molecule has 0 aromatic heterocycles. The van der Waals surface area contributed by atoms with Gasteiger partial charge in [-0.3, -0.25) is 0 Å². The molecule has 0 spiro atoms. The van der Waals surface area contributed by atoms with Gasteiger partial charge in [0.2, 0.25) is 0 Å². The molecule has 0 aromatic rings. The largest absolute Gasteiger partial charge is 0.453 e. The van der Waals surface area contributed by atoms with Crippen molar-refractivity contribution < 1.29 is 22.0 Å². The second kappa shape index (κ2) is 7.09. The number of rotatable bonds is 7. The standard InChI is InChI=1S/C11H18F5I/c1-3-5-6-7-9(17)8(4-2)10(12,13)11(14,15)16/h8-9H,3-7H2,1-2H3. The van der Waals surface area contributed by atoms with Crippen molar-refractivity contribution in [2.24, 2.45) is 5.92 Å². The highest BCUT2D eigenvalue weighted by atomic mass is 127. The molecule has 0 heterocycles. The molecule has 0 radical (unpaired) electrons. The maximum atomic E-state index is 13.2. The van der Waals surface area contributed by atoms with Crippen LogP contribution in [0.4, 0.5) is 22.0 Å². The average molecular weight is 372 g/mol. The van der Waals surface area contributed by atoms with Crippen molar-refractivity contribution in [3.05, 3.63) is 0 Å². The summed E-state index contributed by atoms with van der Waals surface area (Å²) in [5.74, 6) is -6.21. The molecule has 104 valence electrons. The van der Waals surface area contributed by atoms with E-state index in [1.807, 2.05) is 6.92 Å². The van der Waals surface area contributed by atoms with Crippen molar-refractivity contribution in [2.75, 3.05) is 0 Å². The van der Waals surface area contributed by atoms with Gasteiger partial charge in [-0.15, -0.1) is 0 Å². The van der Waals surface area contributed by atoms with E-state index in [0.717, 1.165) is 12.8 Å². The molecule has 0 aromatic carbocycles. The second-order valence-electron chi connectivity index (χ2n) is 4.15. The van der Waals surface area contributed by atoms with Gasteiger partial charge in [0.05, 0.1) is 0 Å². The Balaban J connectivity index is 4.60. The van der Waals surface area contributed by atoms with Crippen molar-refractivity contribution in [3.63, 3.8) is 0 Å². The Morgan fingerprint density at radius 3 is 1.88 bits per heavy atom. The molecule has 0 rings (SSSR count). The third-order valence-electron chi connectivity index (χ3n) is 2.80. The number of hydrogen-bond acceptors (Lipinski definition) is 0. The Bertz CT molecular complexity index is 214. The minimum Gasteiger partial charge on any atom is -0.196 e. The molecule has 0 aliphatic heterocycles. The minimum atomic E-state index is -5.44. The third-order valence-corrected chi connectivity index (χ3v) is 4.29. The number of halogens is 6. The SMILES string of the molecule is CCCCCC(I)C(CC)C(F)(F)C(F)(F)F. The molecular formula is C11H18F5I. The summed E-state index contributed by atoms with van der Waals surface area (Å²) >= 11 is 1.73. The molecule has 0 fully saturated rings. The molecule has 6 heteroatoms. The van der Waals surface area contributed by atoms with Crippen molar-refractivity contribution in [2.45, 2.75) is 62.0 Å². The van der Waals surface area contributed by atoms with Crippen molar-refractivity contribution >= 4 is 22.6 Å². The first-order chi connectivity index (χ1) is 7.68. The highest BCUT2D eigenvalue weighted by Gasteiger charge is 2.62. The van der Waals surface area contributed by atoms with E-state index in [0.29, 0.717) is 12.8 Å². The van der Waals surface area contributed by atoms with E-state index in [1.165, 1.54) is 6.92 Å². The second-order valence-corrected chi connectivity index (χ2v) is 5.75. The zero-order chi connectivity index (χ0) is 13.7. The van der Waals surface area contributed by atoms with E-state index in [9.17, 15) is 22.0 Å². The smallest absolute Gasteiger partial charge is 0.196 e. The van der Waals surface area contributed by atoms with Crippen LogP contribution >= 0.6 is 22.6 Å². The van der Waals surface area contributed by atoms with Gasteiger partial charge in [0.25, 0.3) is 0 Å². The third kappa shape index (κ3) is 4.87. The molecular weight excluding hydrogens is 354 g/mol. The van der Waals surface area contributed by atoms with E-state index in [4.69, 9.17) is 0 Å². The van der Waals surface area contributed by atoms with Gasteiger partial charge >= 0.3 is 12.1 Å². The van der Waals surface area contributed by atoms with Crippen LogP contribution in [0.5, 0.6) is 0 Å². The van der Waals surface area contributed by atoms with Gasteiger partial charge in [-0.05, 0) is 12.8 Å². The Hall–Kier alpha value is 0.380. The van der Waals surface area contributed by atoms with Crippen LogP contribution in [-0.4, -0.2) is 16.0 Å². The molecule has 17 heavy (non-hydrogen) atoms. The summed E-state index contributed by atoms with van der Waals surface area (Å²) in [4.78, 5) is 0. The molecule has 0 nitrogen and oxygen atoms in total. The first kappa shape index (κ1) is 17.4. The van der Waals surface area contributed by atoms with Crippen LogP contribution in [0.25, 0.3) is 0 Å². The fraction of sp³-hybridized carbons (Fsp3) is 1.00. The van der Waals surface area contributed by atoms with E-state index in [1.54, 1.807) is 22.6 Å². The minimum absolute atomic E-state index is 0.160. The number of alkyl halides is 6.